The number of nitrogens with one attached hydrogen (secondary N) is 2. The fourth-order valence-corrected chi connectivity index (χ4v) is 3.04. The van der Waals surface area contributed by atoms with Crippen molar-refractivity contribution in [3.63, 3.8) is 0 Å². The van der Waals surface area contributed by atoms with Gasteiger partial charge in [-0.15, -0.1) is 0 Å². The van der Waals surface area contributed by atoms with E-state index in [2.05, 4.69) is 26.9 Å². The standard InChI is InChI=1S/C16H15N5O2/c1-21-19-12-7-6-11(8-13(12)20-21)9-2-4-10(5-3-9)14-15(22)18-16(23)17-14/h2-7,11,14H,8H2,1H3,(H2,17,18,22,23)/t11?,14-/m0/s1. The van der Waals surface area contributed by atoms with Gasteiger partial charge in [0.25, 0.3) is 5.91 Å². The van der Waals surface area contributed by atoms with E-state index in [0.29, 0.717) is 0 Å². The van der Waals surface area contributed by atoms with E-state index in [1.807, 2.05) is 37.4 Å². The van der Waals surface area contributed by atoms with Gasteiger partial charge in [0.15, 0.2) is 0 Å². The highest BCUT2D eigenvalue weighted by atomic mass is 16.2. The first-order valence-electron chi connectivity index (χ1n) is 7.40. The van der Waals surface area contributed by atoms with Gasteiger partial charge in [0.1, 0.15) is 11.7 Å². The summed E-state index contributed by atoms with van der Waals surface area (Å²) in [5.41, 5.74) is 3.83. The summed E-state index contributed by atoms with van der Waals surface area (Å²) in [6.45, 7) is 0. The Hall–Kier alpha value is -2.96. The third kappa shape index (κ3) is 2.40. The van der Waals surface area contributed by atoms with Crippen LogP contribution in [0.4, 0.5) is 4.79 Å². The Balaban J connectivity index is 1.55. The van der Waals surface area contributed by atoms with Gasteiger partial charge in [0, 0.05) is 19.4 Å². The van der Waals surface area contributed by atoms with Gasteiger partial charge < -0.3 is 5.32 Å². The van der Waals surface area contributed by atoms with E-state index in [1.165, 1.54) is 0 Å². The van der Waals surface area contributed by atoms with E-state index in [-0.39, 0.29) is 11.8 Å². The van der Waals surface area contributed by atoms with E-state index in [9.17, 15) is 9.59 Å². The third-order valence-electron chi connectivity index (χ3n) is 4.19. The lowest BCUT2D eigenvalue weighted by atomic mass is 9.89. The second-order valence-corrected chi connectivity index (χ2v) is 5.75. The molecule has 3 amide bonds. The highest BCUT2D eigenvalue weighted by Crippen LogP contribution is 2.29. The molecule has 1 aliphatic heterocycles. The minimum Gasteiger partial charge on any atom is -0.322 e. The lowest BCUT2D eigenvalue weighted by Gasteiger charge is -2.16. The van der Waals surface area contributed by atoms with Crippen molar-refractivity contribution in [1.82, 2.24) is 25.6 Å². The summed E-state index contributed by atoms with van der Waals surface area (Å²) >= 11 is 0. The largest absolute Gasteiger partial charge is 0.322 e. The summed E-state index contributed by atoms with van der Waals surface area (Å²) in [4.78, 5) is 24.5. The average molecular weight is 309 g/mol. The Morgan fingerprint density at radius 2 is 1.87 bits per heavy atom. The Kier molecular flexibility index (Phi) is 3.00. The number of carbonyl (C=O) groups is 2. The summed E-state index contributed by atoms with van der Waals surface area (Å²) in [7, 11) is 1.82. The van der Waals surface area contributed by atoms with Gasteiger partial charge in [-0.2, -0.15) is 15.0 Å². The number of fused-ring (bicyclic) bond motifs is 1. The number of rotatable bonds is 2. The highest BCUT2D eigenvalue weighted by Gasteiger charge is 2.30. The van der Waals surface area contributed by atoms with E-state index in [0.717, 1.165) is 28.9 Å². The molecule has 2 atom stereocenters. The average Bonchev–Trinajstić information content (AvgIpc) is 3.07. The zero-order chi connectivity index (χ0) is 16.0. The van der Waals surface area contributed by atoms with Crippen molar-refractivity contribution < 1.29 is 9.59 Å². The predicted octanol–water partition coefficient (Wildman–Crippen LogP) is 1.05. The van der Waals surface area contributed by atoms with Crippen molar-refractivity contribution in [2.24, 2.45) is 7.05 Å². The first-order valence-corrected chi connectivity index (χ1v) is 7.40. The molecule has 1 saturated heterocycles. The molecule has 1 aromatic carbocycles. The van der Waals surface area contributed by atoms with Crippen molar-refractivity contribution in [2.75, 3.05) is 0 Å². The number of nitrogens with zero attached hydrogens (tertiary/aromatic N) is 3. The van der Waals surface area contributed by atoms with Crippen LogP contribution in [0.15, 0.2) is 30.3 Å². The molecule has 1 aliphatic carbocycles. The smallest absolute Gasteiger partial charge is 0.322 e. The minimum absolute atomic E-state index is 0.236. The number of imide groups is 1. The maximum absolute atomic E-state index is 11.7. The normalized spacial score (nSPS) is 22.7. The molecule has 0 saturated carbocycles. The van der Waals surface area contributed by atoms with Crippen molar-refractivity contribution in [1.29, 1.82) is 0 Å². The number of allylic oxidation sites excluding steroid dienone is 1. The first-order chi connectivity index (χ1) is 11.1. The fraction of sp³-hybridized carbons (Fsp3) is 0.250. The number of hydrogen-bond donors (Lipinski definition) is 2. The zero-order valence-electron chi connectivity index (χ0n) is 12.5. The van der Waals surface area contributed by atoms with Crippen molar-refractivity contribution >= 4 is 18.0 Å². The van der Waals surface area contributed by atoms with Gasteiger partial charge >= 0.3 is 6.03 Å². The van der Waals surface area contributed by atoms with Crippen molar-refractivity contribution in [2.45, 2.75) is 18.4 Å². The Morgan fingerprint density at radius 3 is 2.57 bits per heavy atom. The summed E-state index contributed by atoms with van der Waals surface area (Å²) < 4.78 is 0. The first kappa shape index (κ1) is 13.7. The maximum atomic E-state index is 11.7. The van der Waals surface area contributed by atoms with Crippen LogP contribution < -0.4 is 10.6 Å². The second-order valence-electron chi connectivity index (χ2n) is 5.75. The Bertz CT molecular complexity index is 821. The summed E-state index contributed by atoms with van der Waals surface area (Å²) in [5.74, 6) is -0.0789. The van der Waals surface area contributed by atoms with Gasteiger partial charge in [-0.3, -0.25) is 10.1 Å². The van der Waals surface area contributed by atoms with Crippen LogP contribution in [0, 0.1) is 0 Å². The van der Waals surface area contributed by atoms with Crippen molar-refractivity contribution in [3.8, 4) is 0 Å². The molecule has 2 aromatic rings. The molecule has 116 valence electrons. The lowest BCUT2D eigenvalue weighted by Crippen LogP contribution is -2.22. The molecule has 1 fully saturated rings. The number of benzene rings is 1. The molecule has 1 unspecified atom stereocenters. The Labute approximate surface area is 132 Å². The van der Waals surface area contributed by atoms with Gasteiger partial charge in [0.2, 0.25) is 0 Å². The van der Waals surface area contributed by atoms with E-state index < -0.39 is 12.1 Å². The van der Waals surface area contributed by atoms with E-state index in [1.54, 1.807) is 4.80 Å². The number of hydrogen-bond acceptors (Lipinski definition) is 4. The molecule has 4 rings (SSSR count). The van der Waals surface area contributed by atoms with Crippen LogP contribution in [-0.4, -0.2) is 26.9 Å². The molecule has 0 spiro atoms. The second kappa shape index (κ2) is 5.05. The molecule has 2 N–H and O–H groups in total. The molecule has 0 radical (unpaired) electrons. The Morgan fingerprint density at radius 1 is 1.13 bits per heavy atom. The minimum atomic E-state index is -0.606. The summed E-state index contributed by atoms with van der Waals surface area (Å²) in [6.07, 6.45) is 4.92. The van der Waals surface area contributed by atoms with E-state index in [4.69, 9.17) is 0 Å². The predicted molar refractivity (Wildman–Crippen MR) is 82.3 cm³/mol. The van der Waals surface area contributed by atoms with Crippen molar-refractivity contribution in [3.05, 3.63) is 52.9 Å². The van der Waals surface area contributed by atoms with Crippen LogP contribution in [0.2, 0.25) is 0 Å². The maximum Gasteiger partial charge on any atom is 0.322 e. The van der Waals surface area contributed by atoms with Crippen LogP contribution in [0.1, 0.15) is 34.5 Å². The molecular formula is C16H15N5O2. The summed E-state index contributed by atoms with van der Waals surface area (Å²) in [6, 6.07) is 6.68. The molecule has 23 heavy (non-hydrogen) atoms. The molecular weight excluding hydrogens is 294 g/mol. The van der Waals surface area contributed by atoms with Gasteiger partial charge in [0.05, 0.1) is 5.69 Å². The molecule has 2 heterocycles. The number of urea groups is 1. The van der Waals surface area contributed by atoms with Gasteiger partial charge in [-0.25, -0.2) is 4.79 Å². The van der Waals surface area contributed by atoms with Crippen LogP contribution in [0.5, 0.6) is 0 Å². The summed E-state index contributed by atoms with van der Waals surface area (Å²) in [5, 5.41) is 13.5. The molecule has 7 nitrogen and oxygen atoms in total. The number of carbonyl (C=O) groups excluding carboxylic acids is 2. The molecule has 7 heteroatoms. The fourth-order valence-electron chi connectivity index (χ4n) is 3.04. The molecule has 2 aliphatic rings. The van der Waals surface area contributed by atoms with E-state index >= 15 is 0 Å². The van der Waals surface area contributed by atoms with Crippen LogP contribution >= 0.6 is 0 Å². The zero-order valence-corrected chi connectivity index (χ0v) is 12.5. The van der Waals surface area contributed by atoms with Gasteiger partial charge in [-0.1, -0.05) is 30.3 Å². The highest BCUT2D eigenvalue weighted by molar-refractivity contribution is 6.04. The molecule has 0 bridgehead atoms. The lowest BCUT2D eigenvalue weighted by molar-refractivity contribution is -0.120. The third-order valence-corrected chi connectivity index (χ3v) is 4.19. The van der Waals surface area contributed by atoms with Crippen LogP contribution in [0.25, 0.3) is 6.08 Å². The quantitative estimate of drug-likeness (QED) is 0.812. The number of aromatic nitrogens is 3. The topological polar surface area (TPSA) is 88.9 Å². The number of aryl methyl sites for hydroxylation is 1. The monoisotopic (exact) mass is 309 g/mol. The SMILES string of the molecule is Cn1nc2c(n1)CC(c1ccc([C@@H]3NC(=O)NC3=O)cc1)C=C2. The molecule has 1 aromatic heterocycles. The van der Waals surface area contributed by atoms with Crippen LogP contribution in [-0.2, 0) is 18.3 Å². The number of amides is 3. The van der Waals surface area contributed by atoms with Crippen LogP contribution in [0.3, 0.4) is 0 Å². The van der Waals surface area contributed by atoms with Gasteiger partial charge in [-0.05, 0) is 17.2 Å².